The first-order valence-electron chi connectivity index (χ1n) is 9.13. The summed E-state index contributed by atoms with van der Waals surface area (Å²) in [4.78, 5) is 29.0. The molecule has 2 heterocycles. The van der Waals surface area contributed by atoms with Gasteiger partial charge in [0.2, 0.25) is 11.8 Å². The molecule has 1 aromatic carbocycles. The fourth-order valence-corrected chi connectivity index (χ4v) is 4.14. The molecule has 5 nitrogen and oxygen atoms in total. The highest BCUT2D eigenvalue weighted by atomic mass is 32.2. The van der Waals surface area contributed by atoms with Gasteiger partial charge < -0.3 is 10.2 Å². The van der Waals surface area contributed by atoms with Crippen molar-refractivity contribution in [3.63, 3.8) is 0 Å². The van der Waals surface area contributed by atoms with E-state index in [0.29, 0.717) is 5.75 Å². The van der Waals surface area contributed by atoms with E-state index in [-0.39, 0.29) is 17.9 Å². The van der Waals surface area contributed by atoms with Crippen LogP contribution >= 0.6 is 11.8 Å². The highest BCUT2D eigenvalue weighted by Crippen LogP contribution is 2.29. The summed E-state index contributed by atoms with van der Waals surface area (Å²) in [6.07, 6.45) is 4.31. The minimum absolute atomic E-state index is 0.0446. The van der Waals surface area contributed by atoms with Gasteiger partial charge >= 0.3 is 0 Å². The topological polar surface area (TPSA) is 52.7 Å². The van der Waals surface area contributed by atoms with Crippen LogP contribution in [0, 0.1) is 0 Å². The van der Waals surface area contributed by atoms with E-state index < -0.39 is 4.75 Å². The van der Waals surface area contributed by atoms with Crippen LogP contribution in [0.5, 0.6) is 0 Å². The Kier molecular flexibility index (Phi) is 6.04. The summed E-state index contributed by atoms with van der Waals surface area (Å²) in [7, 11) is 0. The highest BCUT2D eigenvalue weighted by molar-refractivity contribution is 8.01. The number of nitrogens with zero attached hydrogens (tertiary/aromatic N) is 2. The van der Waals surface area contributed by atoms with Crippen molar-refractivity contribution in [1.29, 1.82) is 0 Å². The third-order valence-corrected chi connectivity index (χ3v) is 6.33. The van der Waals surface area contributed by atoms with E-state index in [1.54, 1.807) is 11.8 Å². The lowest BCUT2D eigenvalue weighted by atomic mass is 10.1. The Morgan fingerprint density at radius 2 is 1.92 bits per heavy atom. The number of carbonyl (C=O) groups excluding carboxylic acids is 2. The van der Waals surface area contributed by atoms with Gasteiger partial charge in [-0.1, -0.05) is 42.5 Å². The molecule has 26 heavy (non-hydrogen) atoms. The zero-order chi connectivity index (χ0) is 18.6. The number of carbonyl (C=O) groups is 2. The molecule has 1 N–H and O–H groups in total. The maximum Gasteiger partial charge on any atom is 0.246 e. The minimum atomic E-state index is -0.444. The minimum Gasteiger partial charge on any atom is -0.342 e. The molecule has 0 aliphatic carbocycles. The Morgan fingerprint density at radius 1 is 1.23 bits per heavy atom. The fourth-order valence-electron chi connectivity index (χ4n) is 3.14. The lowest BCUT2D eigenvalue weighted by Gasteiger charge is -2.39. The molecular weight excluding hydrogens is 346 g/mol. The molecule has 140 valence electrons. The molecular formula is C20H27N3O2S. The molecule has 6 heteroatoms. The number of hydrogen-bond donors (Lipinski definition) is 1. The average molecular weight is 374 g/mol. The van der Waals surface area contributed by atoms with Gasteiger partial charge in [-0.2, -0.15) is 0 Å². The van der Waals surface area contributed by atoms with Crippen molar-refractivity contribution in [3.05, 3.63) is 42.0 Å². The number of thioether (sulfide) groups is 1. The normalized spacial score (nSPS) is 23.8. The van der Waals surface area contributed by atoms with Crippen molar-refractivity contribution < 1.29 is 9.59 Å². The molecule has 0 bridgehead atoms. The maximum atomic E-state index is 12.7. The molecule has 2 aliphatic rings. The van der Waals surface area contributed by atoms with Gasteiger partial charge in [-0.15, -0.1) is 11.8 Å². The largest absolute Gasteiger partial charge is 0.342 e. The van der Waals surface area contributed by atoms with Crippen molar-refractivity contribution in [2.24, 2.45) is 0 Å². The zero-order valence-electron chi connectivity index (χ0n) is 15.5. The van der Waals surface area contributed by atoms with Crippen LogP contribution in [0.25, 0.3) is 6.08 Å². The van der Waals surface area contributed by atoms with Crippen LogP contribution in [0.4, 0.5) is 0 Å². The van der Waals surface area contributed by atoms with Crippen LogP contribution in [0.3, 0.4) is 0 Å². The van der Waals surface area contributed by atoms with Crippen molar-refractivity contribution >= 4 is 29.7 Å². The Balaban J connectivity index is 1.44. The quantitative estimate of drug-likeness (QED) is 0.875. The number of benzene rings is 1. The van der Waals surface area contributed by atoms with Crippen LogP contribution in [-0.2, 0) is 9.59 Å². The Morgan fingerprint density at radius 3 is 2.58 bits per heavy atom. The third kappa shape index (κ3) is 4.68. The van der Waals surface area contributed by atoms with Gasteiger partial charge in [0.15, 0.2) is 0 Å². The van der Waals surface area contributed by atoms with Crippen LogP contribution in [-0.4, -0.2) is 70.9 Å². The molecule has 0 radical (unpaired) electrons. The van der Waals surface area contributed by atoms with Gasteiger partial charge in [0.25, 0.3) is 0 Å². The molecule has 0 spiro atoms. The number of hydrogen-bond acceptors (Lipinski definition) is 4. The van der Waals surface area contributed by atoms with E-state index in [0.717, 1.165) is 32.7 Å². The Bertz CT molecular complexity index is 667. The van der Waals surface area contributed by atoms with E-state index in [4.69, 9.17) is 0 Å². The first kappa shape index (κ1) is 19.0. The lowest BCUT2D eigenvalue weighted by molar-refractivity contribution is -0.137. The number of piperazine rings is 1. The summed E-state index contributed by atoms with van der Waals surface area (Å²) >= 11 is 1.56. The number of amides is 2. The Hall–Kier alpha value is -1.79. The molecule has 1 atom stereocenters. The van der Waals surface area contributed by atoms with Gasteiger partial charge in [0.05, 0.1) is 4.75 Å². The smallest absolute Gasteiger partial charge is 0.246 e. The van der Waals surface area contributed by atoms with Crippen molar-refractivity contribution in [3.8, 4) is 0 Å². The fraction of sp³-hybridized carbons (Fsp3) is 0.500. The van der Waals surface area contributed by atoms with E-state index in [1.165, 1.54) is 5.56 Å². The van der Waals surface area contributed by atoms with Gasteiger partial charge in [-0.3, -0.25) is 14.5 Å². The van der Waals surface area contributed by atoms with E-state index in [1.807, 2.05) is 36.9 Å². The Labute approximate surface area is 159 Å². The van der Waals surface area contributed by atoms with Crippen LogP contribution in [0.15, 0.2) is 36.4 Å². The molecule has 2 aliphatic heterocycles. The van der Waals surface area contributed by atoms with Crippen molar-refractivity contribution in [1.82, 2.24) is 15.1 Å². The predicted octanol–water partition coefficient (Wildman–Crippen LogP) is 1.85. The van der Waals surface area contributed by atoms with Crippen LogP contribution < -0.4 is 5.32 Å². The standard InChI is InChI=1S/C20H27N3O2S/c1-20(2)19(25)21-17(15-26-20)18(24)23-13-11-22(12-14-23)10-6-9-16-7-4-3-5-8-16/h3-9,17H,10-15H2,1-2H3,(H,21,25). The molecule has 0 aromatic heterocycles. The predicted molar refractivity (Wildman–Crippen MR) is 107 cm³/mol. The summed E-state index contributed by atoms with van der Waals surface area (Å²) in [6.45, 7) is 7.86. The summed E-state index contributed by atoms with van der Waals surface area (Å²) in [5.41, 5.74) is 1.20. The van der Waals surface area contributed by atoms with E-state index in [2.05, 4.69) is 34.5 Å². The van der Waals surface area contributed by atoms with Gasteiger partial charge in [0, 0.05) is 38.5 Å². The number of rotatable bonds is 4. The van der Waals surface area contributed by atoms with Crippen LogP contribution in [0.1, 0.15) is 19.4 Å². The first-order valence-corrected chi connectivity index (χ1v) is 10.1. The average Bonchev–Trinajstić information content (AvgIpc) is 2.65. The third-order valence-electron chi connectivity index (χ3n) is 4.92. The van der Waals surface area contributed by atoms with Crippen molar-refractivity contribution in [2.75, 3.05) is 38.5 Å². The van der Waals surface area contributed by atoms with Gasteiger partial charge in [0.1, 0.15) is 6.04 Å². The summed E-state index contributed by atoms with van der Waals surface area (Å²) in [5, 5.41) is 2.89. The van der Waals surface area contributed by atoms with E-state index in [9.17, 15) is 9.59 Å². The second kappa shape index (κ2) is 8.27. The lowest BCUT2D eigenvalue weighted by Crippen LogP contribution is -2.60. The second-order valence-electron chi connectivity index (χ2n) is 7.29. The summed E-state index contributed by atoms with van der Waals surface area (Å²) < 4.78 is -0.444. The number of nitrogens with one attached hydrogen (secondary N) is 1. The first-order chi connectivity index (χ1) is 12.5. The molecule has 2 saturated heterocycles. The van der Waals surface area contributed by atoms with E-state index >= 15 is 0 Å². The van der Waals surface area contributed by atoms with Crippen molar-refractivity contribution in [2.45, 2.75) is 24.6 Å². The van der Waals surface area contributed by atoms with Crippen LogP contribution in [0.2, 0.25) is 0 Å². The molecule has 2 fully saturated rings. The highest BCUT2D eigenvalue weighted by Gasteiger charge is 2.39. The van der Waals surface area contributed by atoms with Gasteiger partial charge in [-0.05, 0) is 19.4 Å². The second-order valence-corrected chi connectivity index (χ2v) is 8.93. The molecule has 1 unspecified atom stereocenters. The SMILES string of the molecule is CC1(C)SCC(C(=O)N2CCN(CC=Cc3ccccc3)CC2)NC1=O. The maximum absolute atomic E-state index is 12.7. The molecule has 0 saturated carbocycles. The molecule has 1 aromatic rings. The molecule has 3 rings (SSSR count). The molecule has 2 amide bonds. The summed E-state index contributed by atoms with van der Waals surface area (Å²) in [5.74, 6) is 0.662. The summed E-state index contributed by atoms with van der Waals surface area (Å²) in [6, 6.07) is 9.88. The zero-order valence-corrected chi connectivity index (χ0v) is 16.3. The monoisotopic (exact) mass is 373 g/mol. The van der Waals surface area contributed by atoms with Gasteiger partial charge in [-0.25, -0.2) is 0 Å².